The topological polar surface area (TPSA) is 12.0 Å². The van der Waals surface area contributed by atoms with Crippen molar-refractivity contribution in [2.75, 3.05) is 6.54 Å². The predicted molar refractivity (Wildman–Crippen MR) is 49.7 cm³/mol. The summed E-state index contributed by atoms with van der Waals surface area (Å²) in [6.45, 7) is 3.32. The molecule has 1 aliphatic heterocycles. The maximum atomic E-state index is 3.57. The highest BCUT2D eigenvalue weighted by Gasteiger charge is 2.08. The molecule has 1 unspecified atom stereocenters. The van der Waals surface area contributed by atoms with Gasteiger partial charge in [-0.25, -0.2) is 0 Å². The van der Waals surface area contributed by atoms with Gasteiger partial charge in [-0.2, -0.15) is 0 Å². The first-order chi connectivity index (χ1) is 5.43. The van der Waals surface area contributed by atoms with Crippen LogP contribution < -0.4 is 5.32 Å². The van der Waals surface area contributed by atoms with Crippen molar-refractivity contribution in [2.24, 2.45) is 0 Å². The summed E-state index contributed by atoms with van der Waals surface area (Å²) in [5.41, 5.74) is 0. The second-order valence-electron chi connectivity index (χ2n) is 3.31. The first-order valence-electron chi connectivity index (χ1n) is 4.78. The average molecular weight is 153 g/mol. The van der Waals surface area contributed by atoms with Crippen LogP contribution in [0.25, 0.3) is 0 Å². The minimum Gasteiger partial charge on any atom is -0.314 e. The molecule has 1 atom stereocenters. The van der Waals surface area contributed by atoms with Crippen LogP contribution in [-0.4, -0.2) is 12.6 Å². The van der Waals surface area contributed by atoms with Gasteiger partial charge in [0, 0.05) is 6.04 Å². The molecule has 0 amide bonds. The molecular weight excluding hydrogens is 134 g/mol. The first kappa shape index (κ1) is 8.79. The number of hydrogen-bond acceptors (Lipinski definition) is 1. The highest BCUT2D eigenvalue weighted by atomic mass is 14.9. The Hall–Kier alpha value is -0.300. The third-order valence-corrected chi connectivity index (χ3v) is 2.32. The van der Waals surface area contributed by atoms with Crippen LogP contribution in [0.15, 0.2) is 12.2 Å². The molecule has 0 aromatic heterocycles. The van der Waals surface area contributed by atoms with Gasteiger partial charge in [0.05, 0.1) is 0 Å². The molecule has 64 valence electrons. The van der Waals surface area contributed by atoms with Crippen molar-refractivity contribution in [1.29, 1.82) is 0 Å². The molecule has 1 nitrogen and oxygen atoms in total. The van der Waals surface area contributed by atoms with Crippen molar-refractivity contribution in [3.63, 3.8) is 0 Å². The summed E-state index contributed by atoms with van der Waals surface area (Å²) in [6, 6.07) is 0.758. The molecule has 11 heavy (non-hydrogen) atoms. The smallest absolute Gasteiger partial charge is 0.0102 e. The van der Waals surface area contributed by atoms with Crippen LogP contribution in [0, 0.1) is 0 Å². The summed E-state index contributed by atoms with van der Waals surface area (Å²) >= 11 is 0. The van der Waals surface area contributed by atoms with Gasteiger partial charge >= 0.3 is 0 Å². The predicted octanol–water partition coefficient (Wildman–Crippen LogP) is 2.48. The maximum absolute atomic E-state index is 3.57. The molecule has 1 heteroatoms. The van der Waals surface area contributed by atoms with Gasteiger partial charge in [-0.05, 0) is 32.7 Å². The molecule has 1 saturated heterocycles. The summed E-state index contributed by atoms with van der Waals surface area (Å²) < 4.78 is 0. The van der Waals surface area contributed by atoms with E-state index in [1.807, 2.05) is 0 Å². The summed E-state index contributed by atoms with van der Waals surface area (Å²) in [6.07, 6.45) is 11.2. The second-order valence-corrected chi connectivity index (χ2v) is 3.31. The zero-order valence-corrected chi connectivity index (χ0v) is 7.47. The third-order valence-electron chi connectivity index (χ3n) is 2.32. The standard InChI is InChI=1S/C10H19N/c1-2-3-7-10-8-5-4-6-9-11-10/h2-3,10-11H,4-9H2,1H3/b3-2+. The van der Waals surface area contributed by atoms with Crippen LogP contribution >= 0.6 is 0 Å². The lowest BCUT2D eigenvalue weighted by molar-refractivity contribution is 0.515. The fraction of sp³-hybridized carbons (Fsp3) is 0.800. The van der Waals surface area contributed by atoms with Crippen LogP contribution in [0.1, 0.15) is 39.0 Å². The number of hydrogen-bond donors (Lipinski definition) is 1. The van der Waals surface area contributed by atoms with Gasteiger partial charge in [-0.1, -0.05) is 25.0 Å². The van der Waals surface area contributed by atoms with Gasteiger partial charge in [-0.3, -0.25) is 0 Å². The van der Waals surface area contributed by atoms with Gasteiger partial charge < -0.3 is 5.32 Å². The minimum atomic E-state index is 0.758. The van der Waals surface area contributed by atoms with Crippen molar-refractivity contribution in [3.05, 3.63) is 12.2 Å². The Labute approximate surface area is 69.9 Å². The molecule has 0 bridgehead atoms. The van der Waals surface area contributed by atoms with E-state index in [4.69, 9.17) is 0 Å². The Morgan fingerprint density at radius 1 is 1.36 bits per heavy atom. The van der Waals surface area contributed by atoms with Crippen molar-refractivity contribution >= 4 is 0 Å². The summed E-state index contributed by atoms with van der Waals surface area (Å²) in [5.74, 6) is 0. The van der Waals surface area contributed by atoms with Crippen LogP contribution in [-0.2, 0) is 0 Å². The minimum absolute atomic E-state index is 0.758. The average Bonchev–Trinajstić information content (AvgIpc) is 2.28. The van der Waals surface area contributed by atoms with Crippen LogP contribution in [0.4, 0.5) is 0 Å². The van der Waals surface area contributed by atoms with Crippen molar-refractivity contribution in [3.8, 4) is 0 Å². The summed E-state index contributed by atoms with van der Waals surface area (Å²) in [5, 5.41) is 3.57. The third kappa shape index (κ3) is 3.57. The maximum Gasteiger partial charge on any atom is 0.0102 e. The zero-order chi connectivity index (χ0) is 7.94. The summed E-state index contributed by atoms with van der Waals surface area (Å²) in [4.78, 5) is 0. The fourth-order valence-electron chi connectivity index (χ4n) is 1.60. The van der Waals surface area contributed by atoms with Crippen molar-refractivity contribution in [2.45, 2.75) is 45.1 Å². The first-order valence-corrected chi connectivity index (χ1v) is 4.78. The second kappa shape index (κ2) is 5.36. The van der Waals surface area contributed by atoms with Crippen LogP contribution in [0.2, 0.25) is 0 Å². The monoisotopic (exact) mass is 153 g/mol. The lowest BCUT2D eigenvalue weighted by atomic mass is 10.1. The number of rotatable bonds is 2. The van der Waals surface area contributed by atoms with Gasteiger partial charge in [0.15, 0.2) is 0 Å². The number of allylic oxidation sites excluding steroid dienone is 1. The molecule has 1 aliphatic rings. The molecule has 1 heterocycles. The van der Waals surface area contributed by atoms with Crippen molar-refractivity contribution in [1.82, 2.24) is 5.32 Å². The number of nitrogens with one attached hydrogen (secondary N) is 1. The van der Waals surface area contributed by atoms with Crippen LogP contribution in [0.3, 0.4) is 0 Å². The molecule has 0 spiro atoms. The molecule has 1 fully saturated rings. The lowest BCUT2D eigenvalue weighted by Crippen LogP contribution is -2.27. The Kier molecular flexibility index (Phi) is 4.29. The van der Waals surface area contributed by atoms with E-state index in [1.165, 1.54) is 38.6 Å². The van der Waals surface area contributed by atoms with E-state index in [2.05, 4.69) is 24.4 Å². The Morgan fingerprint density at radius 3 is 3.09 bits per heavy atom. The quantitative estimate of drug-likeness (QED) is 0.601. The largest absolute Gasteiger partial charge is 0.314 e. The van der Waals surface area contributed by atoms with Gasteiger partial charge in [0.25, 0.3) is 0 Å². The van der Waals surface area contributed by atoms with E-state index in [0.717, 1.165) is 6.04 Å². The SMILES string of the molecule is C/C=C/CC1CCCCCN1. The van der Waals surface area contributed by atoms with E-state index < -0.39 is 0 Å². The molecule has 1 N–H and O–H groups in total. The molecule has 0 radical (unpaired) electrons. The molecule has 0 aromatic carbocycles. The molecule has 0 aromatic rings. The van der Waals surface area contributed by atoms with E-state index in [-0.39, 0.29) is 0 Å². The van der Waals surface area contributed by atoms with E-state index in [0.29, 0.717) is 0 Å². The zero-order valence-electron chi connectivity index (χ0n) is 7.47. The molecule has 0 aliphatic carbocycles. The van der Waals surface area contributed by atoms with Crippen LogP contribution in [0.5, 0.6) is 0 Å². The fourth-order valence-corrected chi connectivity index (χ4v) is 1.60. The Bertz CT molecular complexity index is 110. The van der Waals surface area contributed by atoms with E-state index in [9.17, 15) is 0 Å². The molecule has 0 saturated carbocycles. The van der Waals surface area contributed by atoms with Gasteiger partial charge in [0.1, 0.15) is 0 Å². The molecule has 1 rings (SSSR count). The summed E-state index contributed by atoms with van der Waals surface area (Å²) in [7, 11) is 0. The van der Waals surface area contributed by atoms with Gasteiger partial charge in [0.2, 0.25) is 0 Å². The van der Waals surface area contributed by atoms with Gasteiger partial charge in [-0.15, -0.1) is 0 Å². The van der Waals surface area contributed by atoms with E-state index >= 15 is 0 Å². The lowest BCUT2D eigenvalue weighted by Gasteiger charge is -2.12. The highest BCUT2D eigenvalue weighted by Crippen LogP contribution is 2.10. The van der Waals surface area contributed by atoms with E-state index in [1.54, 1.807) is 0 Å². The Morgan fingerprint density at radius 2 is 2.27 bits per heavy atom. The van der Waals surface area contributed by atoms with Crippen molar-refractivity contribution < 1.29 is 0 Å². The molecular formula is C10H19N. The Balaban J connectivity index is 2.19. The normalized spacial score (nSPS) is 27.2. The highest BCUT2D eigenvalue weighted by molar-refractivity contribution is 4.84.